The topological polar surface area (TPSA) is 68.0 Å². The van der Waals surface area contributed by atoms with Gasteiger partial charge in [0.2, 0.25) is 0 Å². The molecule has 0 spiro atoms. The van der Waals surface area contributed by atoms with Crippen LogP contribution in [0.1, 0.15) is 5.56 Å². The minimum atomic E-state index is 0.447. The normalized spacial score (nSPS) is 11.2. The molecule has 0 atom stereocenters. The van der Waals surface area contributed by atoms with Crippen LogP contribution in [-0.2, 0) is 0 Å². The number of aromatic nitrogens is 4. The van der Waals surface area contributed by atoms with E-state index in [4.69, 9.17) is 0 Å². The second kappa shape index (κ2) is 6.82. The lowest BCUT2D eigenvalue weighted by molar-refractivity contribution is 0.794. The average molecular weight is 393 g/mol. The molecule has 0 saturated carbocycles. The number of hydrogen-bond donors (Lipinski definition) is 1. The fourth-order valence-electron chi connectivity index (χ4n) is 2.56. The molecule has 1 N–H and O–H groups in total. The SMILES string of the molecule is Brc1cccc(C=NNc2nnnn2-c2cccc3ccccc23)c1. The number of nitrogens with one attached hydrogen (secondary N) is 1. The first-order valence-corrected chi connectivity index (χ1v) is 8.42. The van der Waals surface area contributed by atoms with E-state index in [1.54, 1.807) is 10.9 Å². The maximum Gasteiger partial charge on any atom is 0.268 e. The summed E-state index contributed by atoms with van der Waals surface area (Å²) in [6.45, 7) is 0. The van der Waals surface area contributed by atoms with E-state index >= 15 is 0 Å². The predicted octanol–water partition coefficient (Wildman–Crippen LogP) is 4.02. The summed E-state index contributed by atoms with van der Waals surface area (Å²) < 4.78 is 2.64. The zero-order chi connectivity index (χ0) is 17.1. The average Bonchev–Trinajstić information content (AvgIpc) is 3.10. The van der Waals surface area contributed by atoms with Crippen molar-refractivity contribution in [1.29, 1.82) is 0 Å². The molecule has 6 nitrogen and oxygen atoms in total. The number of hydrogen-bond acceptors (Lipinski definition) is 5. The smallest absolute Gasteiger partial charge is 0.244 e. The van der Waals surface area contributed by atoms with E-state index in [9.17, 15) is 0 Å². The highest BCUT2D eigenvalue weighted by Gasteiger charge is 2.10. The van der Waals surface area contributed by atoms with Gasteiger partial charge >= 0.3 is 0 Å². The second-order valence-corrected chi connectivity index (χ2v) is 6.25. The lowest BCUT2D eigenvalue weighted by Gasteiger charge is -2.07. The first-order chi connectivity index (χ1) is 12.3. The molecule has 0 fully saturated rings. The molecule has 1 aromatic heterocycles. The number of nitrogens with zero attached hydrogens (tertiary/aromatic N) is 5. The molecular weight excluding hydrogens is 380 g/mol. The summed E-state index contributed by atoms with van der Waals surface area (Å²) in [5.74, 6) is 0.447. The number of tetrazole rings is 1. The Morgan fingerprint density at radius 3 is 2.76 bits per heavy atom. The summed E-state index contributed by atoms with van der Waals surface area (Å²) in [6.07, 6.45) is 1.72. The van der Waals surface area contributed by atoms with Crippen molar-refractivity contribution in [1.82, 2.24) is 20.2 Å². The van der Waals surface area contributed by atoms with Gasteiger partial charge in [0.25, 0.3) is 5.95 Å². The van der Waals surface area contributed by atoms with E-state index in [0.717, 1.165) is 26.5 Å². The van der Waals surface area contributed by atoms with E-state index < -0.39 is 0 Å². The zero-order valence-electron chi connectivity index (χ0n) is 13.0. The Labute approximate surface area is 152 Å². The van der Waals surface area contributed by atoms with Crippen molar-refractivity contribution in [3.63, 3.8) is 0 Å². The second-order valence-electron chi connectivity index (χ2n) is 5.34. The fraction of sp³-hybridized carbons (Fsp3) is 0. The summed E-state index contributed by atoms with van der Waals surface area (Å²) in [4.78, 5) is 0. The van der Waals surface area contributed by atoms with Crippen LogP contribution in [0.15, 0.2) is 76.3 Å². The highest BCUT2D eigenvalue weighted by Crippen LogP contribution is 2.23. The molecule has 0 amide bonds. The summed E-state index contributed by atoms with van der Waals surface area (Å²) in [6, 6.07) is 22.0. The van der Waals surface area contributed by atoms with Crippen LogP contribution in [0.2, 0.25) is 0 Å². The number of fused-ring (bicyclic) bond motifs is 1. The van der Waals surface area contributed by atoms with Crippen molar-refractivity contribution in [2.45, 2.75) is 0 Å². The van der Waals surface area contributed by atoms with Crippen molar-refractivity contribution < 1.29 is 0 Å². The minimum Gasteiger partial charge on any atom is -0.244 e. The molecule has 4 aromatic rings. The summed E-state index contributed by atoms with van der Waals surface area (Å²) in [5, 5.41) is 18.3. The first-order valence-electron chi connectivity index (χ1n) is 7.62. The van der Waals surface area contributed by atoms with Crippen LogP contribution in [0.25, 0.3) is 16.5 Å². The van der Waals surface area contributed by atoms with Gasteiger partial charge in [-0.15, -0.1) is 0 Å². The quantitative estimate of drug-likeness (QED) is 0.420. The molecule has 0 unspecified atom stereocenters. The third kappa shape index (κ3) is 3.27. The summed E-state index contributed by atoms with van der Waals surface area (Å²) in [5.41, 5.74) is 4.76. The molecule has 1 heterocycles. The fourth-order valence-corrected chi connectivity index (χ4v) is 2.98. The largest absolute Gasteiger partial charge is 0.268 e. The van der Waals surface area contributed by atoms with Crippen LogP contribution >= 0.6 is 15.9 Å². The van der Waals surface area contributed by atoms with Gasteiger partial charge in [0.15, 0.2) is 0 Å². The van der Waals surface area contributed by atoms with E-state index in [1.165, 1.54) is 0 Å². The number of benzene rings is 3. The third-order valence-electron chi connectivity index (χ3n) is 3.69. The van der Waals surface area contributed by atoms with Gasteiger partial charge in [-0.3, -0.25) is 0 Å². The Morgan fingerprint density at radius 2 is 1.84 bits per heavy atom. The predicted molar refractivity (Wildman–Crippen MR) is 102 cm³/mol. The lowest BCUT2D eigenvalue weighted by atomic mass is 10.1. The maximum absolute atomic E-state index is 4.23. The van der Waals surface area contributed by atoms with Gasteiger partial charge in [0, 0.05) is 9.86 Å². The molecule has 0 bridgehead atoms. The first kappa shape index (κ1) is 15.5. The van der Waals surface area contributed by atoms with Gasteiger partial charge in [0.1, 0.15) is 0 Å². The summed E-state index contributed by atoms with van der Waals surface area (Å²) in [7, 11) is 0. The van der Waals surface area contributed by atoms with Crippen LogP contribution in [-0.4, -0.2) is 26.4 Å². The Balaban J connectivity index is 1.64. The van der Waals surface area contributed by atoms with Crippen LogP contribution in [0.4, 0.5) is 5.95 Å². The van der Waals surface area contributed by atoms with Crippen LogP contribution < -0.4 is 5.43 Å². The molecule has 0 radical (unpaired) electrons. The Kier molecular flexibility index (Phi) is 4.22. The zero-order valence-corrected chi connectivity index (χ0v) is 14.6. The van der Waals surface area contributed by atoms with E-state index in [2.05, 4.69) is 54.1 Å². The van der Waals surface area contributed by atoms with Crippen LogP contribution in [0.5, 0.6) is 0 Å². The van der Waals surface area contributed by atoms with Crippen molar-refractivity contribution in [2.75, 3.05) is 5.43 Å². The Morgan fingerprint density at radius 1 is 1.00 bits per heavy atom. The molecule has 4 rings (SSSR count). The third-order valence-corrected chi connectivity index (χ3v) is 4.18. The molecule has 0 aliphatic rings. The Hall–Kier alpha value is -3.06. The molecule has 25 heavy (non-hydrogen) atoms. The van der Waals surface area contributed by atoms with Gasteiger partial charge in [-0.25, -0.2) is 5.43 Å². The monoisotopic (exact) mass is 392 g/mol. The minimum absolute atomic E-state index is 0.447. The molecule has 3 aromatic carbocycles. The van der Waals surface area contributed by atoms with Crippen molar-refractivity contribution in [2.24, 2.45) is 5.10 Å². The molecular formula is C18H13BrN6. The van der Waals surface area contributed by atoms with Gasteiger partial charge in [-0.2, -0.15) is 9.78 Å². The van der Waals surface area contributed by atoms with Crippen molar-refractivity contribution >= 4 is 38.9 Å². The Bertz CT molecular complexity index is 1050. The number of rotatable bonds is 4. The molecule has 7 heteroatoms. The summed E-state index contributed by atoms with van der Waals surface area (Å²) >= 11 is 3.44. The van der Waals surface area contributed by atoms with E-state index in [1.807, 2.05) is 54.6 Å². The van der Waals surface area contributed by atoms with Crippen LogP contribution in [0.3, 0.4) is 0 Å². The molecule has 122 valence electrons. The number of halogens is 1. The number of anilines is 1. The van der Waals surface area contributed by atoms with Crippen molar-refractivity contribution in [3.8, 4) is 5.69 Å². The molecule has 0 saturated heterocycles. The maximum atomic E-state index is 4.23. The van der Waals surface area contributed by atoms with Gasteiger partial charge in [0.05, 0.1) is 11.9 Å². The van der Waals surface area contributed by atoms with Gasteiger partial charge < -0.3 is 0 Å². The standard InChI is InChI=1S/C18H13BrN6/c19-15-8-3-5-13(11-15)12-20-21-18-22-23-24-25(18)17-10-4-7-14-6-1-2-9-16(14)17/h1-12H,(H,21,22,24). The molecule has 0 aliphatic carbocycles. The highest BCUT2D eigenvalue weighted by molar-refractivity contribution is 9.10. The van der Waals surface area contributed by atoms with E-state index in [-0.39, 0.29) is 0 Å². The van der Waals surface area contributed by atoms with Gasteiger partial charge in [-0.05, 0) is 39.6 Å². The van der Waals surface area contributed by atoms with Crippen molar-refractivity contribution in [3.05, 3.63) is 76.8 Å². The van der Waals surface area contributed by atoms with E-state index in [0.29, 0.717) is 5.95 Å². The van der Waals surface area contributed by atoms with Gasteiger partial charge in [-0.1, -0.05) is 69.6 Å². The number of hydrazone groups is 1. The highest BCUT2D eigenvalue weighted by atomic mass is 79.9. The van der Waals surface area contributed by atoms with Crippen LogP contribution in [0, 0.1) is 0 Å². The molecule has 0 aliphatic heterocycles. The lowest BCUT2D eigenvalue weighted by Crippen LogP contribution is -2.04.